The molecule has 1 aliphatic heterocycles. The Morgan fingerprint density at radius 2 is 1.75 bits per heavy atom. The zero-order chi connectivity index (χ0) is 16.5. The van der Waals surface area contributed by atoms with Crippen LogP contribution >= 0.6 is 0 Å². The van der Waals surface area contributed by atoms with Crippen LogP contribution in [0.1, 0.15) is 24.0 Å². The van der Waals surface area contributed by atoms with Gasteiger partial charge in [0.1, 0.15) is 0 Å². The van der Waals surface area contributed by atoms with E-state index in [1.165, 1.54) is 16.6 Å². The minimum Gasteiger partial charge on any atom is -0.393 e. The number of imidazole rings is 1. The van der Waals surface area contributed by atoms with Crippen molar-refractivity contribution in [3.63, 3.8) is 0 Å². The van der Waals surface area contributed by atoms with Crippen LogP contribution in [0.4, 0.5) is 5.95 Å². The number of fused-ring (bicyclic) bond motifs is 1. The Balaban J connectivity index is 1.77. The molecule has 1 aliphatic rings. The maximum atomic E-state index is 9.80. The van der Waals surface area contributed by atoms with Gasteiger partial charge in [-0.2, -0.15) is 0 Å². The molecule has 4 nitrogen and oxygen atoms in total. The van der Waals surface area contributed by atoms with Crippen molar-refractivity contribution in [2.45, 2.75) is 32.4 Å². The van der Waals surface area contributed by atoms with Crippen molar-refractivity contribution in [3.8, 4) is 0 Å². The van der Waals surface area contributed by atoms with E-state index in [1.807, 2.05) is 6.07 Å². The molecule has 0 unspecified atom stereocenters. The summed E-state index contributed by atoms with van der Waals surface area (Å²) in [6.45, 7) is 4.70. The molecular weight excluding hydrogens is 298 g/mol. The zero-order valence-electron chi connectivity index (χ0n) is 14.0. The van der Waals surface area contributed by atoms with Crippen molar-refractivity contribution in [3.05, 3.63) is 59.7 Å². The van der Waals surface area contributed by atoms with E-state index in [2.05, 4.69) is 58.9 Å². The Hall–Kier alpha value is -2.33. The fraction of sp³-hybridized carbons (Fsp3) is 0.350. The molecule has 3 aromatic rings. The molecule has 2 heterocycles. The Morgan fingerprint density at radius 1 is 1.04 bits per heavy atom. The molecule has 1 saturated heterocycles. The molecule has 4 rings (SSSR count). The quantitative estimate of drug-likeness (QED) is 0.804. The number of aryl methyl sites for hydroxylation is 1. The topological polar surface area (TPSA) is 41.3 Å². The van der Waals surface area contributed by atoms with Crippen LogP contribution in [0, 0.1) is 6.92 Å². The largest absolute Gasteiger partial charge is 0.393 e. The average Bonchev–Trinajstić information content (AvgIpc) is 2.96. The molecule has 24 heavy (non-hydrogen) atoms. The highest BCUT2D eigenvalue weighted by Crippen LogP contribution is 2.27. The predicted molar refractivity (Wildman–Crippen MR) is 97.5 cm³/mol. The average molecular weight is 321 g/mol. The highest BCUT2D eigenvalue weighted by Gasteiger charge is 2.22. The van der Waals surface area contributed by atoms with Gasteiger partial charge in [-0.3, -0.25) is 0 Å². The molecule has 1 aromatic heterocycles. The van der Waals surface area contributed by atoms with E-state index in [0.29, 0.717) is 0 Å². The first-order valence-corrected chi connectivity index (χ1v) is 8.65. The second kappa shape index (κ2) is 6.29. The first kappa shape index (κ1) is 15.2. The number of nitrogens with zero attached hydrogens (tertiary/aromatic N) is 3. The molecule has 4 heteroatoms. The lowest BCUT2D eigenvalue weighted by atomic mass is 10.1. The molecule has 0 radical (unpaired) electrons. The Morgan fingerprint density at radius 3 is 2.54 bits per heavy atom. The minimum atomic E-state index is -0.171. The molecule has 0 amide bonds. The number of aliphatic hydroxyl groups excluding tert-OH is 1. The van der Waals surface area contributed by atoms with Crippen LogP contribution < -0.4 is 4.90 Å². The third-order valence-electron chi connectivity index (χ3n) is 4.97. The molecule has 0 bridgehead atoms. The summed E-state index contributed by atoms with van der Waals surface area (Å²) in [5.41, 5.74) is 4.82. The first-order valence-electron chi connectivity index (χ1n) is 8.65. The summed E-state index contributed by atoms with van der Waals surface area (Å²) in [5.74, 6) is 1.02. The standard InChI is InChI=1S/C20H23N3O/c1-15-6-2-3-7-16(15)14-23-19-9-5-4-8-18(19)21-20(23)22-12-10-17(24)11-13-22/h2-9,17,24H,10-14H2,1H3. The number of hydrogen-bond donors (Lipinski definition) is 1. The lowest BCUT2D eigenvalue weighted by Crippen LogP contribution is -2.37. The number of aliphatic hydroxyl groups is 1. The number of aromatic nitrogens is 2. The Kier molecular flexibility index (Phi) is 3.98. The van der Waals surface area contributed by atoms with E-state index in [0.717, 1.165) is 43.9 Å². The molecule has 0 atom stereocenters. The smallest absolute Gasteiger partial charge is 0.206 e. The predicted octanol–water partition coefficient (Wildman–Crippen LogP) is 3.35. The van der Waals surface area contributed by atoms with Gasteiger partial charge in [-0.1, -0.05) is 36.4 Å². The maximum Gasteiger partial charge on any atom is 0.206 e. The number of rotatable bonds is 3. The summed E-state index contributed by atoms with van der Waals surface area (Å²) < 4.78 is 2.31. The van der Waals surface area contributed by atoms with Crippen molar-refractivity contribution in [2.24, 2.45) is 0 Å². The van der Waals surface area contributed by atoms with Crippen LogP contribution in [0.3, 0.4) is 0 Å². The van der Waals surface area contributed by atoms with E-state index in [4.69, 9.17) is 4.98 Å². The van der Waals surface area contributed by atoms with E-state index >= 15 is 0 Å². The van der Waals surface area contributed by atoms with Gasteiger partial charge in [-0.25, -0.2) is 4.98 Å². The lowest BCUT2D eigenvalue weighted by Gasteiger charge is -2.31. The number of piperidine rings is 1. The van der Waals surface area contributed by atoms with Gasteiger partial charge in [0.05, 0.1) is 23.7 Å². The monoisotopic (exact) mass is 321 g/mol. The molecule has 0 saturated carbocycles. The van der Waals surface area contributed by atoms with Gasteiger partial charge in [0.2, 0.25) is 5.95 Å². The van der Waals surface area contributed by atoms with E-state index in [-0.39, 0.29) is 6.10 Å². The van der Waals surface area contributed by atoms with E-state index in [9.17, 15) is 5.11 Å². The van der Waals surface area contributed by atoms with Crippen molar-refractivity contribution in [1.82, 2.24) is 9.55 Å². The van der Waals surface area contributed by atoms with Gasteiger partial charge in [-0.05, 0) is 43.0 Å². The van der Waals surface area contributed by atoms with E-state index < -0.39 is 0 Å². The lowest BCUT2D eigenvalue weighted by molar-refractivity contribution is 0.145. The zero-order valence-corrected chi connectivity index (χ0v) is 14.0. The van der Waals surface area contributed by atoms with Crippen LogP contribution in [0.25, 0.3) is 11.0 Å². The summed E-state index contributed by atoms with van der Waals surface area (Å²) >= 11 is 0. The van der Waals surface area contributed by atoms with Gasteiger partial charge >= 0.3 is 0 Å². The minimum absolute atomic E-state index is 0.171. The van der Waals surface area contributed by atoms with Crippen LogP contribution in [0.15, 0.2) is 48.5 Å². The van der Waals surface area contributed by atoms with Gasteiger partial charge in [0.25, 0.3) is 0 Å². The second-order valence-electron chi connectivity index (χ2n) is 6.63. The molecule has 2 aromatic carbocycles. The number of para-hydroxylation sites is 2. The molecule has 124 valence electrons. The van der Waals surface area contributed by atoms with Crippen molar-refractivity contribution in [1.29, 1.82) is 0 Å². The normalized spacial score (nSPS) is 16.0. The third kappa shape index (κ3) is 2.78. The van der Waals surface area contributed by atoms with Crippen molar-refractivity contribution >= 4 is 17.0 Å². The first-order chi connectivity index (χ1) is 11.7. The summed E-state index contributed by atoms with van der Waals surface area (Å²) in [4.78, 5) is 7.20. The van der Waals surface area contributed by atoms with Gasteiger partial charge in [-0.15, -0.1) is 0 Å². The fourth-order valence-corrected chi connectivity index (χ4v) is 3.48. The van der Waals surface area contributed by atoms with Crippen LogP contribution in [0.5, 0.6) is 0 Å². The molecule has 1 fully saturated rings. The number of benzene rings is 2. The summed E-state index contributed by atoms with van der Waals surface area (Å²) in [5, 5.41) is 9.80. The number of hydrogen-bond acceptors (Lipinski definition) is 3. The molecular formula is C20H23N3O. The summed E-state index contributed by atoms with van der Waals surface area (Å²) in [6.07, 6.45) is 1.46. The summed E-state index contributed by atoms with van der Waals surface area (Å²) in [6, 6.07) is 16.9. The maximum absolute atomic E-state index is 9.80. The fourth-order valence-electron chi connectivity index (χ4n) is 3.48. The Labute approximate surface area is 142 Å². The third-order valence-corrected chi connectivity index (χ3v) is 4.97. The van der Waals surface area contributed by atoms with Crippen LogP contribution in [0.2, 0.25) is 0 Å². The van der Waals surface area contributed by atoms with Crippen molar-refractivity contribution in [2.75, 3.05) is 18.0 Å². The second-order valence-corrected chi connectivity index (χ2v) is 6.63. The highest BCUT2D eigenvalue weighted by atomic mass is 16.3. The van der Waals surface area contributed by atoms with Crippen molar-refractivity contribution < 1.29 is 5.11 Å². The number of anilines is 1. The van der Waals surface area contributed by atoms with Crippen LogP contribution in [-0.4, -0.2) is 33.9 Å². The Bertz CT molecular complexity index is 847. The SMILES string of the molecule is Cc1ccccc1Cn1c(N2CCC(O)CC2)nc2ccccc21. The summed E-state index contributed by atoms with van der Waals surface area (Å²) in [7, 11) is 0. The highest BCUT2D eigenvalue weighted by molar-refractivity contribution is 5.79. The molecule has 0 spiro atoms. The molecule has 0 aliphatic carbocycles. The van der Waals surface area contributed by atoms with Gasteiger partial charge in [0.15, 0.2) is 0 Å². The molecule has 1 N–H and O–H groups in total. The van der Waals surface area contributed by atoms with Crippen LogP contribution in [-0.2, 0) is 6.54 Å². The van der Waals surface area contributed by atoms with Gasteiger partial charge in [0, 0.05) is 13.1 Å². The van der Waals surface area contributed by atoms with E-state index in [1.54, 1.807) is 0 Å². The van der Waals surface area contributed by atoms with Gasteiger partial charge < -0.3 is 14.6 Å².